The first-order chi connectivity index (χ1) is 6.69. The molecule has 1 unspecified atom stereocenters. The van der Waals surface area contributed by atoms with Crippen molar-refractivity contribution in [1.82, 2.24) is 0 Å². The Labute approximate surface area is 95.5 Å². The van der Waals surface area contributed by atoms with E-state index in [1.54, 1.807) is 0 Å². The molecular formula is C12H26O2Si. The van der Waals surface area contributed by atoms with Crippen LogP contribution in [-0.2, 0) is 9.16 Å². The van der Waals surface area contributed by atoms with Gasteiger partial charge in [0.25, 0.3) is 0 Å². The minimum Gasteiger partial charge on any atom is -0.411 e. The SMILES string of the molecule is CCC1O[C@H]1[C@@H](C)O[Si](C)(C)C(C)(C)C. The summed E-state index contributed by atoms with van der Waals surface area (Å²) in [5.74, 6) is 0. The summed E-state index contributed by atoms with van der Waals surface area (Å²) in [5.41, 5.74) is 0. The molecule has 1 fully saturated rings. The molecule has 0 aromatic carbocycles. The Morgan fingerprint density at radius 1 is 1.33 bits per heavy atom. The fourth-order valence-electron chi connectivity index (χ4n) is 1.61. The van der Waals surface area contributed by atoms with Crippen LogP contribution in [0.5, 0.6) is 0 Å². The van der Waals surface area contributed by atoms with Crippen LogP contribution in [0.3, 0.4) is 0 Å². The summed E-state index contributed by atoms with van der Waals surface area (Å²) in [6.45, 7) is 15.7. The van der Waals surface area contributed by atoms with Gasteiger partial charge < -0.3 is 9.16 Å². The molecule has 2 nitrogen and oxygen atoms in total. The van der Waals surface area contributed by atoms with Gasteiger partial charge in [-0.25, -0.2) is 0 Å². The van der Waals surface area contributed by atoms with Crippen LogP contribution in [0.15, 0.2) is 0 Å². The van der Waals surface area contributed by atoms with Gasteiger partial charge in [0.1, 0.15) is 6.10 Å². The van der Waals surface area contributed by atoms with Crippen molar-refractivity contribution in [2.75, 3.05) is 0 Å². The van der Waals surface area contributed by atoms with Crippen LogP contribution < -0.4 is 0 Å². The van der Waals surface area contributed by atoms with Crippen LogP contribution in [0, 0.1) is 0 Å². The molecule has 1 aliphatic rings. The van der Waals surface area contributed by atoms with Gasteiger partial charge in [-0.1, -0.05) is 27.7 Å². The number of hydrogen-bond donors (Lipinski definition) is 0. The fraction of sp³-hybridized carbons (Fsp3) is 1.00. The summed E-state index contributed by atoms with van der Waals surface area (Å²) in [4.78, 5) is 0. The highest BCUT2D eigenvalue weighted by atomic mass is 28.4. The van der Waals surface area contributed by atoms with E-state index in [1.807, 2.05) is 0 Å². The van der Waals surface area contributed by atoms with E-state index in [0.717, 1.165) is 6.42 Å². The fourth-order valence-corrected chi connectivity index (χ4v) is 3.02. The lowest BCUT2D eigenvalue weighted by atomic mass is 10.2. The zero-order chi connectivity index (χ0) is 11.9. The molecule has 3 atom stereocenters. The minimum absolute atomic E-state index is 0.260. The summed E-state index contributed by atoms with van der Waals surface area (Å²) in [5, 5.41) is 0.290. The van der Waals surface area contributed by atoms with Gasteiger partial charge in [-0.15, -0.1) is 0 Å². The van der Waals surface area contributed by atoms with E-state index in [0.29, 0.717) is 12.2 Å². The number of rotatable bonds is 4. The lowest BCUT2D eigenvalue weighted by molar-refractivity contribution is 0.159. The van der Waals surface area contributed by atoms with E-state index >= 15 is 0 Å². The molecule has 3 heteroatoms. The molecule has 15 heavy (non-hydrogen) atoms. The van der Waals surface area contributed by atoms with Crippen LogP contribution in [-0.4, -0.2) is 26.6 Å². The number of hydrogen-bond acceptors (Lipinski definition) is 2. The zero-order valence-electron chi connectivity index (χ0n) is 11.3. The molecule has 0 bridgehead atoms. The molecule has 0 spiro atoms. The second-order valence-corrected chi connectivity index (χ2v) is 10.9. The van der Waals surface area contributed by atoms with E-state index in [-0.39, 0.29) is 11.1 Å². The Bertz CT molecular complexity index is 220. The second kappa shape index (κ2) is 4.19. The average Bonchev–Trinajstić information content (AvgIpc) is 2.79. The summed E-state index contributed by atoms with van der Waals surface area (Å²) < 4.78 is 11.9. The van der Waals surface area contributed by atoms with Gasteiger partial charge in [0.15, 0.2) is 8.32 Å². The summed E-state index contributed by atoms with van der Waals surface area (Å²) in [6, 6.07) is 0. The first-order valence-electron chi connectivity index (χ1n) is 6.02. The Hall–Kier alpha value is 0.137. The molecule has 0 aliphatic carbocycles. The van der Waals surface area contributed by atoms with Crippen molar-refractivity contribution in [2.24, 2.45) is 0 Å². The Morgan fingerprint density at radius 3 is 2.20 bits per heavy atom. The van der Waals surface area contributed by atoms with Crippen LogP contribution in [0.1, 0.15) is 41.0 Å². The molecule has 1 saturated heterocycles. The van der Waals surface area contributed by atoms with Gasteiger partial charge in [-0.2, -0.15) is 0 Å². The van der Waals surface area contributed by atoms with Gasteiger partial charge in [0.2, 0.25) is 0 Å². The van der Waals surface area contributed by atoms with Crippen LogP contribution in [0.25, 0.3) is 0 Å². The van der Waals surface area contributed by atoms with Crippen LogP contribution in [0.2, 0.25) is 18.1 Å². The molecule has 90 valence electrons. The summed E-state index contributed by atoms with van der Waals surface area (Å²) in [6.07, 6.45) is 2.17. The van der Waals surface area contributed by atoms with Crippen molar-refractivity contribution in [3.05, 3.63) is 0 Å². The highest BCUT2D eigenvalue weighted by Gasteiger charge is 2.46. The maximum Gasteiger partial charge on any atom is 0.192 e. The molecule has 0 amide bonds. The number of ether oxygens (including phenoxy) is 1. The summed E-state index contributed by atoms with van der Waals surface area (Å²) >= 11 is 0. The topological polar surface area (TPSA) is 21.8 Å². The van der Waals surface area contributed by atoms with Crippen LogP contribution in [0.4, 0.5) is 0 Å². The lowest BCUT2D eigenvalue weighted by Gasteiger charge is -2.38. The van der Waals surface area contributed by atoms with Crippen molar-refractivity contribution < 1.29 is 9.16 Å². The predicted octanol–water partition coefficient (Wildman–Crippen LogP) is 3.57. The third-order valence-corrected chi connectivity index (χ3v) is 8.35. The third-order valence-electron chi connectivity index (χ3n) is 3.77. The largest absolute Gasteiger partial charge is 0.411 e. The third kappa shape index (κ3) is 3.05. The Balaban J connectivity index is 2.48. The van der Waals surface area contributed by atoms with Gasteiger partial charge >= 0.3 is 0 Å². The van der Waals surface area contributed by atoms with E-state index in [1.165, 1.54) is 0 Å². The molecule has 0 N–H and O–H groups in total. The van der Waals surface area contributed by atoms with E-state index in [4.69, 9.17) is 9.16 Å². The van der Waals surface area contributed by atoms with Crippen molar-refractivity contribution in [3.8, 4) is 0 Å². The van der Waals surface area contributed by atoms with E-state index < -0.39 is 8.32 Å². The first-order valence-corrected chi connectivity index (χ1v) is 8.93. The molecular weight excluding hydrogens is 204 g/mol. The quantitative estimate of drug-likeness (QED) is 0.544. The summed E-state index contributed by atoms with van der Waals surface area (Å²) in [7, 11) is -1.61. The molecule has 1 heterocycles. The van der Waals surface area contributed by atoms with Crippen molar-refractivity contribution in [2.45, 2.75) is 77.5 Å². The maximum absolute atomic E-state index is 6.27. The molecule has 0 aromatic heterocycles. The number of epoxide rings is 1. The Morgan fingerprint density at radius 2 is 1.87 bits per heavy atom. The molecule has 1 rings (SSSR count). The van der Waals surface area contributed by atoms with Gasteiger partial charge in [-0.3, -0.25) is 0 Å². The Kier molecular flexibility index (Phi) is 3.69. The maximum atomic E-state index is 6.27. The van der Waals surface area contributed by atoms with Crippen LogP contribution >= 0.6 is 0 Å². The molecule has 0 aromatic rings. The molecule has 0 saturated carbocycles. The minimum atomic E-state index is -1.61. The van der Waals surface area contributed by atoms with Crippen molar-refractivity contribution in [1.29, 1.82) is 0 Å². The van der Waals surface area contributed by atoms with Crippen molar-refractivity contribution in [3.63, 3.8) is 0 Å². The normalized spacial score (nSPS) is 29.0. The first kappa shape index (κ1) is 13.2. The monoisotopic (exact) mass is 230 g/mol. The smallest absolute Gasteiger partial charge is 0.192 e. The lowest BCUT2D eigenvalue weighted by Crippen LogP contribution is -2.44. The molecule has 1 aliphatic heterocycles. The highest BCUT2D eigenvalue weighted by Crippen LogP contribution is 2.39. The van der Waals surface area contributed by atoms with Gasteiger partial charge in [0.05, 0.1) is 12.2 Å². The van der Waals surface area contributed by atoms with Gasteiger partial charge in [-0.05, 0) is 31.5 Å². The zero-order valence-corrected chi connectivity index (χ0v) is 12.3. The van der Waals surface area contributed by atoms with Crippen molar-refractivity contribution >= 4 is 8.32 Å². The van der Waals surface area contributed by atoms with E-state index in [2.05, 4.69) is 47.7 Å². The van der Waals surface area contributed by atoms with Gasteiger partial charge in [0, 0.05) is 0 Å². The van der Waals surface area contributed by atoms with E-state index in [9.17, 15) is 0 Å². The molecule has 0 radical (unpaired) electrons. The average molecular weight is 230 g/mol. The second-order valence-electron chi connectivity index (χ2n) is 6.13. The highest BCUT2D eigenvalue weighted by molar-refractivity contribution is 6.74. The predicted molar refractivity (Wildman–Crippen MR) is 66.7 cm³/mol. The standard InChI is InChI=1S/C12H26O2Si/c1-8-10-11(13-10)9(2)14-15(6,7)12(3,4)5/h9-11H,8H2,1-7H3/t9-,10?,11+/m1/s1.